The zero-order chi connectivity index (χ0) is 20.9. The molecule has 0 saturated carbocycles. The highest BCUT2D eigenvalue weighted by Gasteiger charge is 2.51. The van der Waals surface area contributed by atoms with Crippen molar-refractivity contribution in [2.45, 2.75) is 95.5 Å². The Kier molecular flexibility index (Phi) is 5.15. The number of hydrogen-bond acceptors (Lipinski definition) is 6. The third-order valence-corrected chi connectivity index (χ3v) is 7.24. The number of carbonyl (C=O) groups excluding carboxylic acids is 1. The molecule has 0 amide bonds. The van der Waals surface area contributed by atoms with E-state index in [-0.39, 0.29) is 23.3 Å². The second-order valence-electron chi connectivity index (χ2n) is 9.91. The maximum Gasteiger partial charge on any atom is 0.303 e. The van der Waals surface area contributed by atoms with Gasteiger partial charge in [-0.15, -0.1) is 0 Å². The molecule has 0 bridgehead atoms. The number of aromatic nitrogens is 1. The lowest BCUT2D eigenvalue weighted by molar-refractivity contribution is -0.169. The van der Waals surface area contributed by atoms with Crippen molar-refractivity contribution in [1.82, 2.24) is 4.98 Å². The number of ether oxygens (including phenoxy) is 4. The average molecular weight is 416 g/mol. The first kappa shape index (κ1) is 20.4. The molecule has 5 rings (SSSR count). The molecule has 1 aliphatic carbocycles. The van der Waals surface area contributed by atoms with E-state index in [0.29, 0.717) is 19.1 Å². The average Bonchev–Trinajstić information content (AvgIpc) is 3.05. The van der Waals surface area contributed by atoms with Crippen molar-refractivity contribution in [3.63, 3.8) is 0 Å². The zero-order valence-corrected chi connectivity index (χ0v) is 18.4. The Labute approximate surface area is 178 Å². The molecule has 2 atom stereocenters. The smallest absolute Gasteiger partial charge is 0.303 e. The molecule has 6 heteroatoms. The molecular formula is C24H33NO5. The summed E-state index contributed by atoms with van der Waals surface area (Å²) in [6.45, 7) is 8.68. The lowest BCUT2D eigenvalue weighted by Crippen LogP contribution is -2.44. The fourth-order valence-electron chi connectivity index (χ4n) is 6.08. The Hall–Kier alpha value is -1.50. The molecule has 0 aromatic carbocycles. The van der Waals surface area contributed by atoms with Crippen LogP contribution < -0.4 is 0 Å². The van der Waals surface area contributed by atoms with E-state index < -0.39 is 0 Å². The van der Waals surface area contributed by atoms with Crippen LogP contribution in [-0.2, 0) is 42.4 Å². The van der Waals surface area contributed by atoms with Gasteiger partial charge in [-0.25, -0.2) is 0 Å². The van der Waals surface area contributed by atoms with E-state index in [0.717, 1.165) is 69.5 Å². The van der Waals surface area contributed by atoms with Gasteiger partial charge in [0.05, 0.1) is 35.8 Å². The lowest BCUT2D eigenvalue weighted by atomic mass is 9.73. The minimum absolute atomic E-state index is 0.223. The molecule has 6 nitrogen and oxygen atoms in total. The van der Waals surface area contributed by atoms with Crippen molar-refractivity contribution in [3.05, 3.63) is 28.1 Å². The third kappa shape index (κ3) is 3.47. The van der Waals surface area contributed by atoms with Crippen molar-refractivity contribution < 1.29 is 23.7 Å². The van der Waals surface area contributed by atoms with Crippen molar-refractivity contribution >= 4 is 5.97 Å². The second-order valence-corrected chi connectivity index (χ2v) is 9.91. The summed E-state index contributed by atoms with van der Waals surface area (Å²) < 4.78 is 24.1. The summed E-state index contributed by atoms with van der Waals surface area (Å²) in [5.41, 5.74) is 5.51. The molecule has 2 unspecified atom stereocenters. The van der Waals surface area contributed by atoms with Crippen LogP contribution in [0.15, 0.2) is 0 Å². The molecule has 30 heavy (non-hydrogen) atoms. The standard InChI is InChI=1S/C24H33NO5/c1-15(26)30-19-6-4-5-17-20-18(13-29-24(20)9-12-28-23(2,3)14-24)21(25-22(17)19)16-7-10-27-11-8-16/h16,19H,4-14H2,1-3H3. The minimum atomic E-state index is -0.317. The highest BCUT2D eigenvalue weighted by atomic mass is 16.5. The van der Waals surface area contributed by atoms with Crippen LogP contribution in [0.25, 0.3) is 0 Å². The van der Waals surface area contributed by atoms with Gasteiger partial charge in [0.15, 0.2) is 0 Å². The lowest BCUT2D eigenvalue weighted by Gasteiger charge is -2.44. The zero-order valence-electron chi connectivity index (χ0n) is 18.4. The molecule has 164 valence electrons. The fraction of sp³-hybridized carbons (Fsp3) is 0.750. The highest BCUT2D eigenvalue weighted by molar-refractivity contribution is 5.66. The van der Waals surface area contributed by atoms with Crippen molar-refractivity contribution in [1.29, 1.82) is 0 Å². The second kappa shape index (κ2) is 7.57. The summed E-state index contributed by atoms with van der Waals surface area (Å²) in [5, 5.41) is 0. The van der Waals surface area contributed by atoms with Crippen LogP contribution in [-0.4, -0.2) is 36.4 Å². The molecule has 0 radical (unpaired) electrons. The summed E-state index contributed by atoms with van der Waals surface area (Å²) in [6.07, 6.45) is 6.25. The molecule has 2 saturated heterocycles. The van der Waals surface area contributed by atoms with Gasteiger partial charge in [-0.2, -0.15) is 0 Å². The van der Waals surface area contributed by atoms with Crippen LogP contribution in [0.5, 0.6) is 0 Å². The molecule has 4 heterocycles. The Morgan fingerprint density at radius 1 is 1.07 bits per heavy atom. The molecule has 0 N–H and O–H groups in total. The first-order valence-electron chi connectivity index (χ1n) is 11.5. The summed E-state index contributed by atoms with van der Waals surface area (Å²) in [6, 6.07) is 0. The molecular weight excluding hydrogens is 382 g/mol. The number of hydrogen-bond donors (Lipinski definition) is 0. The summed E-state index contributed by atoms with van der Waals surface area (Å²) in [4.78, 5) is 17.0. The molecule has 1 aromatic rings. The number of fused-ring (bicyclic) bond motifs is 4. The number of rotatable bonds is 2. The van der Waals surface area contributed by atoms with E-state index in [1.807, 2.05) is 0 Å². The molecule has 4 aliphatic rings. The third-order valence-electron chi connectivity index (χ3n) is 7.24. The van der Waals surface area contributed by atoms with Gasteiger partial charge in [0.25, 0.3) is 0 Å². The summed E-state index contributed by atoms with van der Waals surface area (Å²) >= 11 is 0. The van der Waals surface area contributed by atoms with E-state index >= 15 is 0 Å². The number of esters is 1. The molecule has 1 aromatic heterocycles. The maximum atomic E-state index is 11.8. The summed E-state index contributed by atoms with van der Waals surface area (Å²) in [7, 11) is 0. The van der Waals surface area contributed by atoms with E-state index in [9.17, 15) is 4.79 Å². The largest absolute Gasteiger partial charge is 0.456 e. The van der Waals surface area contributed by atoms with Crippen molar-refractivity contribution in [2.75, 3.05) is 19.8 Å². The van der Waals surface area contributed by atoms with Crippen LogP contribution in [0.2, 0.25) is 0 Å². The Bertz CT molecular complexity index is 844. The maximum absolute atomic E-state index is 11.8. The topological polar surface area (TPSA) is 66.9 Å². The highest BCUT2D eigenvalue weighted by Crippen LogP contribution is 2.53. The van der Waals surface area contributed by atoms with Gasteiger partial charge in [0, 0.05) is 44.5 Å². The van der Waals surface area contributed by atoms with Crippen LogP contribution >= 0.6 is 0 Å². The van der Waals surface area contributed by atoms with Gasteiger partial charge in [-0.05, 0) is 57.1 Å². The Balaban J connectivity index is 1.67. The Morgan fingerprint density at radius 3 is 2.60 bits per heavy atom. The van der Waals surface area contributed by atoms with Gasteiger partial charge in [-0.3, -0.25) is 9.78 Å². The van der Waals surface area contributed by atoms with Gasteiger partial charge >= 0.3 is 5.97 Å². The Morgan fingerprint density at radius 2 is 1.87 bits per heavy atom. The first-order valence-corrected chi connectivity index (χ1v) is 11.5. The van der Waals surface area contributed by atoms with Gasteiger partial charge in [0.1, 0.15) is 6.10 Å². The molecule has 2 fully saturated rings. The van der Waals surface area contributed by atoms with Crippen LogP contribution in [0.4, 0.5) is 0 Å². The molecule has 3 aliphatic heterocycles. The van der Waals surface area contributed by atoms with E-state index in [1.165, 1.54) is 23.6 Å². The first-order chi connectivity index (χ1) is 14.4. The number of carbonyl (C=O) groups is 1. The quantitative estimate of drug-likeness (QED) is 0.674. The SMILES string of the molecule is CC(=O)OC1CCCc2c1nc(C1CCOCC1)c1c2C2(CCOC(C)(C)C2)OC1. The van der Waals surface area contributed by atoms with Gasteiger partial charge in [-0.1, -0.05) is 0 Å². The van der Waals surface area contributed by atoms with E-state index in [4.69, 9.17) is 23.9 Å². The molecule has 1 spiro atoms. The predicted octanol–water partition coefficient (Wildman–Crippen LogP) is 4.23. The van der Waals surface area contributed by atoms with Crippen LogP contribution in [0.3, 0.4) is 0 Å². The van der Waals surface area contributed by atoms with Crippen molar-refractivity contribution in [3.8, 4) is 0 Å². The van der Waals surface area contributed by atoms with Crippen LogP contribution in [0.1, 0.15) is 99.4 Å². The van der Waals surface area contributed by atoms with Crippen LogP contribution in [0, 0.1) is 0 Å². The summed E-state index contributed by atoms with van der Waals surface area (Å²) in [5.74, 6) is 0.144. The fourth-order valence-corrected chi connectivity index (χ4v) is 6.08. The normalized spacial score (nSPS) is 30.7. The number of nitrogens with zero attached hydrogens (tertiary/aromatic N) is 1. The van der Waals surface area contributed by atoms with Gasteiger partial charge in [0.2, 0.25) is 0 Å². The van der Waals surface area contributed by atoms with Gasteiger partial charge < -0.3 is 18.9 Å². The van der Waals surface area contributed by atoms with Crippen molar-refractivity contribution in [2.24, 2.45) is 0 Å². The number of pyridine rings is 1. The van der Waals surface area contributed by atoms with E-state index in [2.05, 4.69) is 13.8 Å². The minimum Gasteiger partial charge on any atom is -0.456 e. The predicted molar refractivity (Wildman–Crippen MR) is 110 cm³/mol. The van der Waals surface area contributed by atoms with E-state index in [1.54, 1.807) is 0 Å². The monoisotopic (exact) mass is 415 g/mol.